The van der Waals surface area contributed by atoms with E-state index in [2.05, 4.69) is 4.24 Å². The van der Waals surface area contributed by atoms with Crippen molar-refractivity contribution in [2.24, 2.45) is 0 Å². The van der Waals surface area contributed by atoms with Gasteiger partial charge in [-0.25, -0.2) is 0 Å². The molecule has 26 valence electrons. The lowest BCUT2D eigenvalue weighted by Crippen LogP contribution is -1.71. The molecule has 0 aliphatic carbocycles. The van der Waals surface area contributed by atoms with E-state index in [1.54, 1.807) is 0 Å². The van der Waals surface area contributed by atoms with E-state index < -0.39 is 0 Å². The van der Waals surface area contributed by atoms with Crippen molar-refractivity contribution in [3.05, 3.63) is 0 Å². The van der Waals surface area contributed by atoms with Crippen LogP contribution in [0, 0.1) is 0 Å². The molecule has 0 atom stereocenters. The minimum atomic E-state index is 1.37. The van der Waals surface area contributed by atoms with E-state index in [1.165, 1.54) is 11.9 Å². The van der Waals surface area contributed by atoms with Crippen LogP contribution in [0.3, 0.4) is 0 Å². The van der Waals surface area contributed by atoms with Crippen LogP contribution < -0.4 is 4.24 Å². The summed E-state index contributed by atoms with van der Waals surface area (Å²) in [6.45, 7) is 0. The van der Waals surface area contributed by atoms with E-state index in [4.69, 9.17) is 11.8 Å². The molecule has 0 fully saturated rings. The Labute approximate surface area is 35.0 Å². The van der Waals surface area contributed by atoms with Gasteiger partial charge in [-0.15, -0.1) is 0 Å². The Morgan fingerprint density at radius 1 is 2.00 bits per heavy atom. The minimum absolute atomic E-state index is 1.37. The highest BCUT2D eigenvalue weighted by molar-refractivity contribution is 7.97. The maximum absolute atomic E-state index is 4.90. The lowest BCUT2D eigenvalue weighted by atomic mass is 12.0. The third-order valence-electron chi connectivity index (χ3n) is 0.0772. The molecule has 0 saturated heterocycles. The normalized spacial score (nSPS) is 7.50. The van der Waals surface area contributed by atoms with Crippen molar-refractivity contribution in [1.29, 1.82) is 0 Å². The highest BCUT2D eigenvalue weighted by Crippen LogP contribution is 1.79. The summed E-state index contributed by atoms with van der Waals surface area (Å²) in [5.41, 5.74) is 0. The molecule has 0 heterocycles. The van der Waals surface area contributed by atoms with E-state index in [0.717, 1.165) is 0 Å². The third kappa shape index (κ3) is 2.60. The Balaban J connectivity index is 1.97. The summed E-state index contributed by atoms with van der Waals surface area (Å²) in [4.78, 5) is 0. The summed E-state index contributed by atoms with van der Waals surface area (Å²) in [5, 5.41) is 0. The zero-order valence-electron chi connectivity index (χ0n) is 2.29. The Morgan fingerprint density at radius 2 is 2.25 bits per heavy atom. The molecule has 0 saturated carbocycles. The molecule has 0 bridgehead atoms. The number of hydrogen-bond donors (Lipinski definition) is 1. The molecule has 0 aromatic carbocycles. The summed E-state index contributed by atoms with van der Waals surface area (Å²) in [6, 6.07) is 0. The van der Waals surface area contributed by atoms with Crippen LogP contribution in [0.25, 0.3) is 0 Å². The molecule has 1 N–H and O–H groups in total. The van der Waals surface area contributed by atoms with Gasteiger partial charge in [-0.2, -0.15) is 4.24 Å². The van der Waals surface area contributed by atoms with Gasteiger partial charge in [0.1, 0.15) is 0 Å². The fraction of sp³-hybridized carbons (Fsp3) is 1.00. The number of hydrogen-bond acceptors (Lipinski definition) is 2. The quantitative estimate of drug-likeness (QED) is 0.387. The zero-order valence-corrected chi connectivity index (χ0v) is 3.86. The highest BCUT2D eigenvalue weighted by Gasteiger charge is 1.53. The van der Waals surface area contributed by atoms with E-state index in [1.807, 2.05) is 6.26 Å². The molecular formula is CH4ClNS. The van der Waals surface area contributed by atoms with Crippen molar-refractivity contribution in [2.45, 2.75) is 0 Å². The van der Waals surface area contributed by atoms with Gasteiger partial charge in [0, 0.05) is 0 Å². The second kappa shape index (κ2) is 3.60. The number of halogens is 1. The Hall–Kier alpha value is 0.600. The Kier molecular flexibility index (Phi) is 4.14. The largest absolute Gasteiger partial charge is 0.177 e. The molecule has 3 heteroatoms. The van der Waals surface area contributed by atoms with Crippen molar-refractivity contribution in [3.63, 3.8) is 0 Å². The molecule has 0 amide bonds. The van der Waals surface area contributed by atoms with Gasteiger partial charge in [0.25, 0.3) is 0 Å². The first-order valence-electron chi connectivity index (χ1n) is 0.801. The average molecular weight is 97.6 g/mol. The molecule has 0 aliphatic rings. The smallest absolute Gasteiger partial charge is 0.00258 e. The molecular weight excluding hydrogens is 93.5 g/mol. The van der Waals surface area contributed by atoms with Gasteiger partial charge in [-0.1, -0.05) is 11.9 Å². The van der Waals surface area contributed by atoms with Gasteiger partial charge in [0.15, 0.2) is 0 Å². The molecule has 0 unspecified atom stereocenters. The molecule has 0 radical (unpaired) electrons. The predicted octanol–water partition coefficient (Wildman–Crippen LogP) is 1.01. The summed E-state index contributed by atoms with van der Waals surface area (Å²) < 4.78 is 2.32. The maximum Gasteiger partial charge on any atom is -0.00258 e. The molecule has 0 spiro atoms. The van der Waals surface area contributed by atoms with Crippen LogP contribution in [0.4, 0.5) is 0 Å². The van der Waals surface area contributed by atoms with E-state index in [9.17, 15) is 0 Å². The molecule has 0 rings (SSSR count). The number of nitrogens with one attached hydrogen (secondary N) is 1. The Morgan fingerprint density at radius 3 is 2.25 bits per heavy atom. The standard InChI is InChI=1S/CH4ClNS/c1-4-3-2/h3H,1H3. The molecule has 4 heavy (non-hydrogen) atoms. The van der Waals surface area contributed by atoms with Crippen molar-refractivity contribution in [1.82, 2.24) is 4.24 Å². The zero-order chi connectivity index (χ0) is 3.41. The van der Waals surface area contributed by atoms with Gasteiger partial charge in [-0.05, 0) is 18.0 Å². The first-order chi connectivity index (χ1) is 1.91. The minimum Gasteiger partial charge on any atom is -0.177 e. The van der Waals surface area contributed by atoms with Crippen LogP contribution in [0.2, 0.25) is 0 Å². The molecule has 0 aromatic rings. The van der Waals surface area contributed by atoms with Gasteiger partial charge in [-0.3, -0.25) is 0 Å². The van der Waals surface area contributed by atoms with Crippen molar-refractivity contribution < 1.29 is 0 Å². The Bertz CT molecular complexity index is 10.0. The van der Waals surface area contributed by atoms with Gasteiger partial charge < -0.3 is 0 Å². The van der Waals surface area contributed by atoms with Crippen LogP contribution in [-0.2, 0) is 0 Å². The summed E-state index contributed by atoms with van der Waals surface area (Å²) in [6.07, 6.45) is 1.85. The molecule has 0 aliphatic heterocycles. The van der Waals surface area contributed by atoms with E-state index >= 15 is 0 Å². The third-order valence-corrected chi connectivity index (χ3v) is 0.694. The lowest BCUT2D eigenvalue weighted by Gasteiger charge is -1.71. The number of rotatable bonds is 1. The SMILES string of the molecule is CSNCl. The van der Waals surface area contributed by atoms with Crippen LogP contribution in [0.5, 0.6) is 0 Å². The topological polar surface area (TPSA) is 12.0 Å². The van der Waals surface area contributed by atoms with Gasteiger partial charge in [0.05, 0.1) is 0 Å². The van der Waals surface area contributed by atoms with Crippen LogP contribution in [0.15, 0.2) is 0 Å². The summed E-state index contributed by atoms with van der Waals surface area (Å²) in [7, 11) is 0. The highest BCUT2D eigenvalue weighted by atomic mass is 35.5. The first-order valence-corrected chi connectivity index (χ1v) is 2.40. The van der Waals surface area contributed by atoms with Crippen LogP contribution in [-0.4, -0.2) is 6.26 Å². The molecule has 0 aromatic heterocycles. The van der Waals surface area contributed by atoms with Gasteiger partial charge in [0.2, 0.25) is 0 Å². The second-order valence-corrected chi connectivity index (χ2v) is 1.31. The second-order valence-electron chi connectivity index (χ2n) is 0.281. The fourth-order valence-corrected chi connectivity index (χ4v) is 0. The summed E-state index contributed by atoms with van der Waals surface area (Å²) >= 11 is 6.27. The summed E-state index contributed by atoms with van der Waals surface area (Å²) in [5.74, 6) is 0. The van der Waals surface area contributed by atoms with Crippen molar-refractivity contribution in [2.75, 3.05) is 6.26 Å². The van der Waals surface area contributed by atoms with E-state index in [-0.39, 0.29) is 0 Å². The van der Waals surface area contributed by atoms with Crippen molar-refractivity contribution >= 4 is 23.7 Å². The first kappa shape index (κ1) is 4.60. The monoisotopic (exact) mass is 97.0 g/mol. The van der Waals surface area contributed by atoms with Gasteiger partial charge >= 0.3 is 0 Å². The van der Waals surface area contributed by atoms with Crippen molar-refractivity contribution in [3.8, 4) is 0 Å². The lowest BCUT2D eigenvalue weighted by molar-refractivity contribution is 1.73. The fourth-order valence-electron chi connectivity index (χ4n) is 0. The average Bonchev–Trinajstić information content (AvgIpc) is 1.37. The van der Waals surface area contributed by atoms with Crippen LogP contribution >= 0.6 is 23.7 Å². The predicted molar refractivity (Wildman–Crippen MR) is 22.5 cm³/mol. The molecule has 1 nitrogen and oxygen atoms in total. The van der Waals surface area contributed by atoms with Crippen LogP contribution in [0.1, 0.15) is 0 Å². The maximum atomic E-state index is 4.90. The van der Waals surface area contributed by atoms with E-state index in [0.29, 0.717) is 0 Å².